The summed E-state index contributed by atoms with van der Waals surface area (Å²) >= 11 is 0. The molecule has 2 rings (SSSR count). The smallest absolute Gasteiger partial charge is 0.0645 e. The molecule has 2 aliphatic rings. The quantitative estimate of drug-likeness (QED) is 0.809. The van der Waals surface area contributed by atoms with Crippen LogP contribution in [0, 0.1) is 11.3 Å². The normalized spacial score (nSPS) is 41.8. The van der Waals surface area contributed by atoms with Crippen LogP contribution >= 0.6 is 0 Å². The minimum absolute atomic E-state index is 0.170. The molecule has 3 heteroatoms. The molecule has 106 valence electrons. The van der Waals surface area contributed by atoms with Gasteiger partial charge in [-0.15, -0.1) is 0 Å². The molecule has 0 radical (unpaired) electrons. The Morgan fingerprint density at radius 1 is 1.28 bits per heavy atom. The van der Waals surface area contributed by atoms with Crippen molar-refractivity contribution in [2.45, 2.75) is 57.9 Å². The Kier molecular flexibility index (Phi) is 4.68. The third kappa shape index (κ3) is 3.46. The van der Waals surface area contributed by atoms with E-state index in [2.05, 4.69) is 19.2 Å². The van der Waals surface area contributed by atoms with Gasteiger partial charge in [-0.05, 0) is 50.5 Å². The Hall–Kier alpha value is -0.120. The van der Waals surface area contributed by atoms with Crippen molar-refractivity contribution >= 4 is 0 Å². The Morgan fingerprint density at radius 2 is 2.00 bits per heavy atom. The maximum Gasteiger partial charge on any atom is 0.0645 e. The molecule has 1 aliphatic heterocycles. The highest BCUT2D eigenvalue weighted by Crippen LogP contribution is 2.38. The molecule has 0 aromatic carbocycles. The van der Waals surface area contributed by atoms with Crippen LogP contribution in [-0.2, 0) is 4.74 Å². The molecule has 18 heavy (non-hydrogen) atoms. The minimum Gasteiger partial charge on any atom is -0.380 e. The standard InChI is InChI=1S/C15H30N2O/c1-13-4-7-15(10-16,8-5-13)11-17-14(2)6-3-9-18-12-14/h13,17H,3-12,16H2,1-2H3. The van der Waals surface area contributed by atoms with Crippen molar-refractivity contribution in [1.29, 1.82) is 0 Å². The predicted octanol–water partition coefficient (Wildman–Crippen LogP) is 2.30. The highest BCUT2D eigenvalue weighted by molar-refractivity contribution is 4.92. The Balaban J connectivity index is 1.86. The molecule has 1 unspecified atom stereocenters. The summed E-state index contributed by atoms with van der Waals surface area (Å²) in [6.07, 6.45) is 7.65. The number of nitrogens with one attached hydrogen (secondary N) is 1. The van der Waals surface area contributed by atoms with Crippen LogP contribution in [0.5, 0.6) is 0 Å². The summed E-state index contributed by atoms with van der Waals surface area (Å²) in [6, 6.07) is 0. The lowest BCUT2D eigenvalue weighted by Gasteiger charge is -2.43. The molecule has 2 fully saturated rings. The third-order valence-electron chi connectivity index (χ3n) is 5.10. The van der Waals surface area contributed by atoms with E-state index in [9.17, 15) is 0 Å². The molecule has 1 atom stereocenters. The first kappa shape index (κ1) is 14.3. The zero-order chi connectivity index (χ0) is 13.1. The molecule has 1 saturated carbocycles. The van der Waals surface area contributed by atoms with Crippen molar-refractivity contribution in [2.24, 2.45) is 17.1 Å². The number of rotatable bonds is 4. The summed E-state index contributed by atoms with van der Waals surface area (Å²) < 4.78 is 5.61. The van der Waals surface area contributed by atoms with Gasteiger partial charge in [0.15, 0.2) is 0 Å². The van der Waals surface area contributed by atoms with Gasteiger partial charge >= 0.3 is 0 Å². The summed E-state index contributed by atoms with van der Waals surface area (Å²) in [4.78, 5) is 0. The van der Waals surface area contributed by atoms with Gasteiger partial charge in [0.25, 0.3) is 0 Å². The molecule has 1 aliphatic carbocycles. The van der Waals surface area contributed by atoms with E-state index in [1.54, 1.807) is 0 Å². The fourth-order valence-corrected chi connectivity index (χ4v) is 3.30. The van der Waals surface area contributed by atoms with Gasteiger partial charge in [-0.2, -0.15) is 0 Å². The maximum atomic E-state index is 6.07. The molecule has 1 saturated heterocycles. The van der Waals surface area contributed by atoms with Crippen LogP contribution in [0.4, 0.5) is 0 Å². The molecule has 3 nitrogen and oxygen atoms in total. The van der Waals surface area contributed by atoms with Crippen molar-refractivity contribution in [3.05, 3.63) is 0 Å². The molecule has 0 bridgehead atoms. The summed E-state index contributed by atoms with van der Waals surface area (Å²) in [7, 11) is 0. The van der Waals surface area contributed by atoms with Crippen molar-refractivity contribution in [3.63, 3.8) is 0 Å². The highest BCUT2D eigenvalue weighted by atomic mass is 16.5. The number of ether oxygens (including phenoxy) is 1. The number of nitrogens with two attached hydrogens (primary N) is 1. The largest absolute Gasteiger partial charge is 0.380 e. The van der Waals surface area contributed by atoms with Gasteiger partial charge in [0, 0.05) is 18.7 Å². The van der Waals surface area contributed by atoms with Crippen LogP contribution in [0.2, 0.25) is 0 Å². The molecular weight excluding hydrogens is 224 g/mol. The second-order valence-electron chi connectivity index (χ2n) is 6.96. The highest BCUT2D eigenvalue weighted by Gasteiger charge is 2.36. The van der Waals surface area contributed by atoms with E-state index in [1.807, 2.05) is 0 Å². The lowest BCUT2D eigenvalue weighted by molar-refractivity contribution is 0.0195. The first-order valence-corrected chi connectivity index (χ1v) is 7.60. The van der Waals surface area contributed by atoms with Gasteiger partial charge in [0.05, 0.1) is 6.61 Å². The van der Waals surface area contributed by atoms with E-state index >= 15 is 0 Å². The second kappa shape index (κ2) is 5.89. The first-order chi connectivity index (χ1) is 8.58. The predicted molar refractivity (Wildman–Crippen MR) is 75.6 cm³/mol. The molecule has 0 amide bonds. The summed E-state index contributed by atoms with van der Waals surface area (Å²) in [5.41, 5.74) is 6.58. The zero-order valence-electron chi connectivity index (χ0n) is 12.1. The lowest BCUT2D eigenvalue weighted by Crippen LogP contribution is -2.54. The molecule has 0 aromatic rings. The Bertz CT molecular complexity index is 253. The molecule has 0 aromatic heterocycles. The van der Waals surface area contributed by atoms with E-state index in [1.165, 1.54) is 38.5 Å². The summed E-state index contributed by atoms with van der Waals surface area (Å²) in [5, 5.41) is 3.77. The van der Waals surface area contributed by atoms with Gasteiger partial charge in [0.2, 0.25) is 0 Å². The first-order valence-electron chi connectivity index (χ1n) is 7.60. The molecular formula is C15H30N2O. The third-order valence-corrected chi connectivity index (χ3v) is 5.10. The van der Waals surface area contributed by atoms with Gasteiger partial charge in [0.1, 0.15) is 0 Å². The molecule has 0 spiro atoms. The number of hydrogen-bond donors (Lipinski definition) is 2. The maximum absolute atomic E-state index is 6.07. The van der Waals surface area contributed by atoms with E-state index in [0.29, 0.717) is 5.41 Å². The minimum atomic E-state index is 0.170. The van der Waals surface area contributed by atoms with Gasteiger partial charge in [-0.1, -0.05) is 19.8 Å². The van der Waals surface area contributed by atoms with Gasteiger partial charge in [-0.3, -0.25) is 0 Å². The summed E-state index contributed by atoms with van der Waals surface area (Å²) in [5.74, 6) is 0.887. The van der Waals surface area contributed by atoms with Crippen molar-refractivity contribution in [1.82, 2.24) is 5.32 Å². The van der Waals surface area contributed by atoms with Crippen LogP contribution in [0.15, 0.2) is 0 Å². The average molecular weight is 254 g/mol. The van der Waals surface area contributed by atoms with E-state index in [-0.39, 0.29) is 5.54 Å². The van der Waals surface area contributed by atoms with E-state index in [4.69, 9.17) is 10.5 Å². The Morgan fingerprint density at radius 3 is 2.56 bits per heavy atom. The fraction of sp³-hybridized carbons (Fsp3) is 1.00. The van der Waals surface area contributed by atoms with E-state index in [0.717, 1.165) is 32.2 Å². The van der Waals surface area contributed by atoms with Crippen LogP contribution in [-0.4, -0.2) is 31.8 Å². The van der Waals surface area contributed by atoms with Crippen LogP contribution < -0.4 is 11.1 Å². The average Bonchev–Trinajstić information content (AvgIpc) is 2.40. The zero-order valence-corrected chi connectivity index (χ0v) is 12.1. The monoisotopic (exact) mass is 254 g/mol. The van der Waals surface area contributed by atoms with Gasteiger partial charge in [-0.25, -0.2) is 0 Å². The van der Waals surface area contributed by atoms with E-state index < -0.39 is 0 Å². The van der Waals surface area contributed by atoms with Crippen molar-refractivity contribution in [2.75, 3.05) is 26.3 Å². The van der Waals surface area contributed by atoms with Crippen LogP contribution in [0.3, 0.4) is 0 Å². The Labute approximate surface area is 112 Å². The van der Waals surface area contributed by atoms with Crippen LogP contribution in [0.1, 0.15) is 52.4 Å². The van der Waals surface area contributed by atoms with Crippen LogP contribution in [0.25, 0.3) is 0 Å². The van der Waals surface area contributed by atoms with Gasteiger partial charge < -0.3 is 15.8 Å². The lowest BCUT2D eigenvalue weighted by atomic mass is 9.70. The number of hydrogen-bond acceptors (Lipinski definition) is 3. The van der Waals surface area contributed by atoms with Crippen molar-refractivity contribution < 1.29 is 4.74 Å². The molecule has 3 N–H and O–H groups in total. The second-order valence-corrected chi connectivity index (χ2v) is 6.96. The summed E-state index contributed by atoms with van der Waals surface area (Å²) in [6.45, 7) is 8.33. The SMILES string of the molecule is CC1CCC(CN)(CNC2(C)CCCOC2)CC1. The fourth-order valence-electron chi connectivity index (χ4n) is 3.30. The topological polar surface area (TPSA) is 47.3 Å². The molecule has 1 heterocycles. The van der Waals surface area contributed by atoms with Crippen molar-refractivity contribution in [3.8, 4) is 0 Å².